The molecule has 0 bridgehead atoms. The smallest absolute Gasteiger partial charge is 0.118 e. The first kappa shape index (κ1) is 15.0. The highest BCUT2D eigenvalue weighted by Crippen LogP contribution is 2.33. The number of ether oxygens (including phenoxy) is 1. The molecule has 2 heteroatoms. The predicted molar refractivity (Wildman–Crippen MR) is 78.4 cm³/mol. The van der Waals surface area contributed by atoms with Crippen molar-refractivity contribution in [3.8, 4) is 5.75 Å². The van der Waals surface area contributed by atoms with Crippen LogP contribution in [-0.4, -0.2) is 33.2 Å². The summed E-state index contributed by atoms with van der Waals surface area (Å²) in [5, 5.41) is 0. The Morgan fingerprint density at radius 3 is 1.89 bits per heavy atom. The molecule has 1 saturated carbocycles. The fraction of sp³-hybridized carbons (Fsp3) is 0.625. The summed E-state index contributed by atoms with van der Waals surface area (Å²) < 4.78 is 5.16. The number of nitrogens with zero attached hydrogens (tertiary/aromatic N) is 1. The second-order valence-electron chi connectivity index (χ2n) is 5.45. The minimum absolute atomic E-state index is 0.801. The number of hydrogen-bond acceptors (Lipinski definition) is 2. The van der Waals surface area contributed by atoms with Crippen molar-refractivity contribution in [2.45, 2.75) is 38.0 Å². The third-order valence-corrected chi connectivity index (χ3v) is 3.19. The van der Waals surface area contributed by atoms with E-state index in [0.29, 0.717) is 0 Å². The molecule has 1 aliphatic rings. The predicted octanol–water partition coefficient (Wildman–Crippen LogP) is 3.92. The molecule has 0 radical (unpaired) electrons. The number of methoxy groups -OCH3 is 1. The lowest BCUT2D eigenvalue weighted by molar-refractivity contribution is 0.413. The second kappa shape index (κ2) is 8.15. The summed E-state index contributed by atoms with van der Waals surface area (Å²) in [4.78, 5) is 2.00. The summed E-state index contributed by atoms with van der Waals surface area (Å²) in [7, 11) is 7.72. The lowest BCUT2D eigenvalue weighted by Crippen LogP contribution is -2.04. The largest absolute Gasteiger partial charge is 0.497 e. The Morgan fingerprint density at radius 1 is 0.944 bits per heavy atom. The van der Waals surface area contributed by atoms with Gasteiger partial charge in [-0.3, -0.25) is 0 Å². The fourth-order valence-electron chi connectivity index (χ4n) is 2.31. The Balaban J connectivity index is 0.000000357. The van der Waals surface area contributed by atoms with E-state index in [0.717, 1.165) is 11.7 Å². The highest BCUT2D eigenvalue weighted by Gasteiger charge is 2.14. The standard InChI is InChI=1S/C13H18O.C3H9N/c1-14-13-9-7-12(8-10-13)11-5-3-2-4-6-11;1-4(2)3/h7-11H,2-6H2,1H3;1-3H3. The summed E-state index contributed by atoms with van der Waals surface area (Å²) in [6.45, 7) is 0. The second-order valence-corrected chi connectivity index (χ2v) is 5.45. The molecule has 2 rings (SSSR count). The van der Waals surface area contributed by atoms with Gasteiger partial charge in [0, 0.05) is 0 Å². The van der Waals surface area contributed by atoms with E-state index in [-0.39, 0.29) is 0 Å². The lowest BCUT2D eigenvalue weighted by Gasteiger charge is -2.21. The van der Waals surface area contributed by atoms with Crippen LogP contribution in [0.3, 0.4) is 0 Å². The molecule has 2 nitrogen and oxygen atoms in total. The van der Waals surface area contributed by atoms with Crippen LogP contribution < -0.4 is 4.74 Å². The van der Waals surface area contributed by atoms with Crippen molar-refractivity contribution < 1.29 is 4.74 Å². The number of rotatable bonds is 2. The molecule has 0 N–H and O–H groups in total. The third-order valence-electron chi connectivity index (χ3n) is 3.19. The summed E-state index contributed by atoms with van der Waals surface area (Å²) in [6, 6.07) is 8.58. The first-order valence-electron chi connectivity index (χ1n) is 6.88. The monoisotopic (exact) mass is 249 g/mol. The zero-order valence-corrected chi connectivity index (χ0v) is 12.3. The average Bonchev–Trinajstić information content (AvgIpc) is 2.39. The van der Waals surface area contributed by atoms with Gasteiger partial charge in [-0.05, 0) is 57.6 Å². The Labute approximate surface area is 112 Å². The van der Waals surface area contributed by atoms with E-state index in [2.05, 4.69) is 24.3 Å². The van der Waals surface area contributed by atoms with Crippen LogP contribution in [0.1, 0.15) is 43.6 Å². The molecule has 0 atom stereocenters. The molecule has 0 spiro atoms. The minimum Gasteiger partial charge on any atom is -0.497 e. The number of benzene rings is 1. The average molecular weight is 249 g/mol. The van der Waals surface area contributed by atoms with Gasteiger partial charge < -0.3 is 9.64 Å². The van der Waals surface area contributed by atoms with Gasteiger partial charge in [-0.15, -0.1) is 0 Å². The maximum Gasteiger partial charge on any atom is 0.118 e. The fourth-order valence-corrected chi connectivity index (χ4v) is 2.31. The Hall–Kier alpha value is -1.02. The molecule has 1 aromatic rings. The Bertz CT molecular complexity index is 310. The first-order chi connectivity index (χ1) is 8.63. The van der Waals surface area contributed by atoms with E-state index in [1.54, 1.807) is 7.11 Å². The van der Waals surface area contributed by atoms with Crippen molar-refractivity contribution >= 4 is 0 Å². The van der Waals surface area contributed by atoms with E-state index >= 15 is 0 Å². The first-order valence-corrected chi connectivity index (χ1v) is 6.88. The highest BCUT2D eigenvalue weighted by atomic mass is 16.5. The van der Waals surface area contributed by atoms with Gasteiger partial charge in [0.15, 0.2) is 0 Å². The van der Waals surface area contributed by atoms with Crippen molar-refractivity contribution in [2.75, 3.05) is 28.3 Å². The van der Waals surface area contributed by atoms with Crippen LogP contribution in [-0.2, 0) is 0 Å². The topological polar surface area (TPSA) is 12.5 Å². The normalized spacial score (nSPS) is 16.1. The van der Waals surface area contributed by atoms with Gasteiger partial charge in [0.05, 0.1) is 7.11 Å². The number of hydrogen-bond donors (Lipinski definition) is 0. The Kier molecular flexibility index (Phi) is 6.81. The van der Waals surface area contributed by atoms with Gasteiger partial charge >= 0.3 is 0 Å². The van der Waals surface area contributed by atoms with Gasteiger partial charge in [-0.2, -0.15) is 0 Å². The van der Waals surface area contributed by atoms with E-state index in [9.17, 15) is 0 Å². The third kappa shape index (κ3) is 5.54. The maximum absolute atomic E-state index is 5.16. The summed E-state index contributed by atoms with van der Waals surface area (Å²) in [5.74, 6) is 1.76. The zero-order chi connectivity index (χ0) is 13.4. The van der Waals surface area contributed by atoms with Crippen LogP contribution >= 0.6 is 0 Å². The molecule has 1 aliphatic carbocycles. The molecule has 0 heterocycles. The molecule has 1 fully saturated rings. The molecule has 18 heavy (non-hydrogen) atoms. The van der Waals surface area contributed by atoms with Crippen LogP contribution in [0.15, 0.2) is 24.3 Å². The molecule has 0 unspecified atom stereocenters. The van der Waals surface area contributed by atoms with Crippen LogP contribution in [0, 0.1) is 0 Å². The van der Waals surface area contributed by atoms with Crippen molar-refractivity contribution in [2.24, 2.45) is 0 Å². The molecular weight excluding hydrogens is 222 g/mol. The van der Waals surface area contributed by atoms with E-state index < -0.39 is 0 Å². The molecule has 1 aromatic carbocycles. The van der Waals surface area contributed by atoms with Gasteiger partial charge in [-0.1, -0.05) is 31.4 Å². The molecular formula is C16H27NO. The van der Waals surface area contributed by atoms with E-state index in [4.69, 9.17) is 4.74 Å². The zero-order valence-electron chi connectivity index (χ0n) is 12.3. The summed E-state index contributed by atoms with van der Waals surface area (Å²) in [6.07, 6.45) is 6.96. The van der Waals surface area contributed by atoms with E-state index in [1.165, 1.54) is 37.7 Å². The maximum atomic E-state index is 5.16. The van der Waals surface area contributed by atoms with Crippen LogP contribution in [0.4, 0.5) is 0 Å². The quantitative estimate of drug-likeness (QED) is 0.787. The van der Waals surface area contributed by atoms with Crippen molar-refractivity contribution in [1.82, 2.24) is 4.90 Å². The van der Waals surface area contributed by atoms with Gasteiger partial charge in [0.1, 0.15) is 5.75 Å². The molecule has 0 amide bonds. The van der Waals surface area contributed by atoms with Gasteiger partial charge in [0.25, 0.3) is 0 Å². The molecule has 0 saturated heterocycles. The Morgan fingerprint density at radius 2 is 1.44 bits per heavy atom. The summed E-state index contributed by atoms with van der Waals surface area (Å²) >= 11 is 0. The SMILES string of the molecule is CN(C)C.COc1ccc(C2CCCCC2)cc1. The van der Waals surface area contributed by atoms with Crippen LogP contribution in [0.5, 0.6) is 5.75 Å². The van der Waals surface area contributed by atoms with Crippen molar-refractivity contribution in [3.05, 3.63) is 29.8 Å². The van der Waals surface area contributed by atoms with Crippen LogP contribution in [0.25, 0.3) is 0 Å². The summed E-state index contributed by atoms with van der Waals surface area (Å²) in [5.41, 5.74) is 1.49. The van der Waals surface area contributed by atoms with Crippen LogP contribution in [0.2, 0.25) is 0 Å². The van der Waals surface area contributed by atoms with Crippen molar-refractivity contribution in [1.29, 1.82) is 0 Å². The minimum atomic E-state index is 0.801. The highest BCUT2D eigenvalue weighted by molar-refractivity contribution is 5.29. The van der Waals surface area contributed by atoms with Gasteiger partial charge in [0.2, 0.25) is 0 Å². The van der Waals surface area contributed by atoms with E-state index in [1.807, 2.05) is 26.0 Å². The molecule has 0 aliphatic heterocycles. The van der Waals surface area contributed by atoms with Crippen molar-refractivity contribution in [3.63, 3.8) is 0 Å². The lowest BCUT2D eigenvalue weighted by atomic mass is 9.84. The van der Waals surface area contributed by atoms with Gasteiger partial charge in [-0.25, -0.2) is 0 Å². The molecule has 102 valence electrons. The molecule has 0 aromatic heterocycles.